The van der Waals surface area contributed by atoms with Crippen molar-refractivity contribution in [3.05, 3.63) is 24.0 Å². The number of nitriles is 1. The van der Waals surface area contributed by atoms with Crippen molar-refractivity contribution in [1.82, 2.24) is 4.57 Å². The van der Waals surface area contributed by atoms with Crippen LogP contribution < -0.4 is 5.73 Å². The van der Waals surface area contributed by atoms with Gasteiger partial charge in [0.15, 0.2) is 0 Å². The molecule has 0 saturated carbocycles. The lowest BCUT2D eigenvalue weighted by Crippen LogP contribution is -2.26. The van der Waals surface area contributed by atoms with Crippen molar-refractivity contribution in [2.24, 2.45) is 5.73 Å². The number of rotatable bonds is 3. The van der Waals surface area contributed by atoms with Crippen LogP contribution in [0.1, 0.15) is 25.1 Å². The van der Waals surface area contributed by atoms with Crippen molar-refractivity contribution >= 4 is 5.91 Å². The Labute approximate surface area is 76.6 Å². The topological polar surface area (TPSA) is 71.8 Å². The highest BCUT2D eigenvalue weighted by Crippen LogP contribution is 2.14. The second-order valence-electron chi connectivity index (χ2n) is 2.74. The molecule has 1 amide bonds. The molecule has 0 fully saturated rings. The quantitative estimate of drug-likeness (QED) is 0.741. The minimum Gasteiger partial charge on any atom is -0.368 e. The van der Waals surface area contributed by atoms with Crippen LogP contribution in [0.25, 0.3) is 0 Å². The first-order valence-corrected chi connectivity index (χ1v) is 4.07. The molecule has 0 aromatic carbocycles. The summed E-state index contributed by atoms with van der Waals surface area (Å²) in [4.78, 5) is 11.0. The Kier molecular flexibility index (Phi) is 2.70. The molecule has 1 unspecified atom stereocenters. The molecular weight excluding hydrogens is 166 g/mol. The Bertz CT molecular complexity index is 348. The van der Waals surface area contributed by atoms with Crippen LogP contribution in [0.3, 0.4) is 0 Å². The van der Waals surface area contributed by atoms with Gasteiger partial charge in [0.05, 0.1) is 0 Å². The molecule has 1 atom stereocenters. The number of carbonyl (C=O) groups excluding carboxylic acids is 1. The number of nitrogens with two attached hydrogens (primary N) is 1. The predicted molar refractivity (Wildman–Crippen MR) is 47.7 cm³/mol. The second-order valence-corrected chi connectivity index (χ2v) is 2.74. The maximum atomic E-state index is 11.0. The lowest BCUT2D eigenvalue weighted by Gasteiger charge is -2.13. The third-order valence-electron chi connectivity index (χ3n) is 1.94. The van der Waals surface area contributed by atoms with Gasteiger partial charge in [0.1, 0.15) is 17.8 Å². The van der Waals surface area contributed by atoms with Crippen LogP contribution in [0.2, 0.25) is 0 Å². The van der Waals surface area contributed by atoms with Crippen molar-refractivity contribution in [1.29, 1.82) is 5.26 Å². The summed E-state index contributed by atoms with van der Waals surface area (Å²) in [7, 11) is 0. The van der Waals surface area contributed by atoms with E-state index in [1.807, 2.05) is 13.0 Å². The lowest BCUT2D eigenvalue weighted by atomic mass is 10.2. The van der Waals surface area contributed by atoms with Crippen LogP contribution in [0.4, 0.5) is 0 Å². The van der Waals surface area contributed by atoms with Gasteiger partial charge in [-0.2, -0.15) is 5.26 Å². The summed E-state index contributed by atoms with van der Waals surface area (Å²) < 4.78 is 1.60. The highest BCUT2D eigenvalue weighted by Gasteiger charge is 2.16. The van der Waals surface area contributed by atoms with E-state index in [0.717, 1.165) is 0 Å². The molecule has 1 aromatic rings. The van der Waals surface area contributed by atoms with Crippen LogP contribution in [0.15, 0.2) is 18.3 Å². The standard InChI is InChI=1S/C9H11N3O/c1-2-8(9(11)13)12-5-3-4-7(12)6-10/h3-5,8H,2H2,1H3,(H2,11,13). The van der Waals surface area contributed by atoms with Gasteiger partial charge in [-0.05, 0) is 18.6 Å². The molecule has 2 N–H and O–H groups in total. The molecule has 68 valence electrons. The van der Waals surface area contributed by atoms with Crippen molar-refractivity contribution < 1.29 is 4.79 Å². The van der Waals surface area contributed by atoms with E-state index in [2.05, 4.69) is 0 Å². The molecule has 4 nitrogen and oxygen atoms in total. The Morgan fingerprint density at radius 3 is 3.00 bits per heavy atom. The molecule has 4 heteroatoms. The van der Waals surface area contributed by atoms with E-state index in [1.54, 1.807) is 22.9 Å². The zero-order valence-electron chi connectivity index (χ0n) is 7.40. The van der Waals surface area contributed by atoms with Crippen molar-refractivity contribution in [2.45, 2.75) is 19.4 Å². The minimum absolute atomic E-state index is 0.407. The average Bonchev–Trinajstić information content (AvgIpc) is 2.53. The first kappa shape index (κ1) is 9.33. The highest BCUT2D eigenvalue weighted by molar-refractivity contribution is 5.78. The van der Waals surface area contributed by atoms with Gasteiger partial charge in [-0.25, -0.2) is 0 Å². The average molecular weight is 177 g/mol. The normalized spacial score (nSPS) is 12.0. The molecule has 1 heterocycles. The molecule has 1 aromatic heterocycles. The number of primary amides is 1. The van der Waals surface area contributed by atoms with Gasteiger partial charge < -0.3 is 10.3 Å². The fourth-order valence-corrected chi connectivity index (χ4v) is 1.30. The fraction of sp³-hybridized carbons (Fsp3) is 0.333. The molecule has 0 radical (unpaired) electrons. The van der Waals surface area contributed by atoms with Crippen molar-refractivity contribution in [3.63, 3.8) is 0 Å². The number of aromatic nitrogens is 1. The van der Waals surface area contributed by atoms with Gasteiger partial charge >= 0.3 is 0 Å². The van der Waals surface area contributed by atoms with E-state index in [4.69, 9.17) is 11.0 Å². The number of hydrogen-bond acceptors (Lipinski definition) is 2. The zero-order chi connectivity index (χ0) is 9.84. The van der Waals surface area contributed by atoms with E-state index in [1.165, 1.54) is 0 Å². The Morgan fingerprint density at radius 1 is 1.85 bits per heavy atom. The first-order valence-electron chi connectivity index (χ1n) is 4.07. The van der Waals surface area contributed by atoms with E-state index in [-0.39, 0.29) is 0 Å². The molecule has 0 aliphatic heterocycles. The van der Waals surface area contributed by atoms with Crippen LogP contribution in [-0.2, 0) is 4.79 Å². The summed E-state index contributed by atoms with van der Waals surface area (Å²) in [6.45, 7) is 1.86. The van der Waals surface area contributed by atoms with Crippen LogP contribution in [0.5, 0.6) is 0 Å². The van der Waals surface area contributed by atoms with Gasteiger partial charge in [0, 0.05) is 6.20 Å². The summed E-state index contributed by atoms with van der Waals surface area (Å²) in [5.41, 5.74) is 5.66. The van der Waals surface area contributed by atoms with Gasteiger partial charge in [0.25, 0.3) is 0 Å². The number of carbonyl (C=O) groups is 1. The molecular formula is C9H11N3O. The zero-order valence-corrected chi connectivity index (χ0v) is 7.40. The van der Waals surface area contributed by atoms with Crippen molar-refractivity contribution in [3.8, 4) is 6.07 Å². The van der Waals surface area contributed by atoms with Crippen LogP contribution >= 0.6 is 0 Å². The summed E-state index contributed by atoms with van der Waals surface area (Å²) in [5, 5.41) is 8.71. The van der Waals surface area contributed by atoms with Gasteiger partial charge in [-0.1, -0.05) is 6.92 Å². The third kappa shape index (κ3) is 1.70. The molecule has 0 aliphatic carbocycles. The van der Waals surface area contributed by atoms with Crippen LogP contribution in [-0.4, -0.2) is 10.5 Å². The molecule has 0 spiro atoms. The molecule has 0 saturated heterocycles. The predicted octanol–water partition coefficient (Wildman–Crippen LogP) is 0.796. The van der Waals surface area contributed by atoms with Gasteiger partial charge in [-0.3, -0.25) is 4.79 Å². The number of amides is 1. The Morgan fingerprint density at radius 2 is 2.54 bits per heavy atom. The fourth-order valence-electron chi connectivity index (χ4n) is 1.30. The Hall–Kier alpha value is -1.76. The summed E-state index contributed by atoms with van der Waals surface area (Å²) in [5.74, 6) is -0.407. The second kappa shape index (κ2) is 3.76. The van der Waals surface area contributed by atoms with Gasteiger partial charge in [0.2, 0.25) is 5.91 Å². The number of hydrogen-bond donors (Lipinski definition) is 1. The summed E-state index contributed by atoms with van der Waals surface area (Å²) >= 11 is 0. The molecule has 13 heavy (non-hydrogen) atoms. The van der Waals surface area contributed by atoms with Crippen LogP contribution in [0, 0.1) is 11.3 Å². The first-order chi connectivity index (χ1) is 6.20. The monoisotopic (exact) mass is 177 g/mol. The minimum atomic E-state index is -0.412. The summed E-state index contributed by atoms with van der Waals surface area (Å²) in [6.07, 6.45) is 2.29. The lowest BCUT2D eigenvalue weighted by molar-refractivity contribution is -0.121. The smallest absolute Gasteiger partial charge is 0.240 e. The molecule has 0 aliphatic rings. The third-order valence-corrected chi connectivity index (χ3v) is 1.94. The Balaban J connectivity index is 3.05. The highest BCUT2D eigenvalue weighted by atomic mass is 16.1. The largest absolute Gasteiger partial charge is 0.368 e. The summed E-state index contributed by atoms with van der Waals surface area (Å²) in [6, 6.07) is 4.97. The molecule has 1 rings (SSSR count). The maximum Gasteiger partial charge on any atom is 0.240 e. The van der Waals surface area contributed by atoms with E-state index in [9.17, 15) is 4.79 Å². The van der Waals surface area contributed by atoms with E-state index < -0.39 is 11.9 Å². The van der Waals surface area contributed by atoms with Gasteiger partial charge in [-0.15, -0.1) is 0 Å². The van der Waals surface area contributed by atoms with Crippen molar-refractivity contribution in [2.75, 3.05) is 0 Å². The SMILES string of the molecule is CCC(C(N)=O)n1cccc1C#N. The van der Waals surface area contributed by atoms with E-state index in [0.29, 0.717) is 12.1 Å². The van der Waals surface area contributed by atoms with E-state index >= 15 is 0 Å². The maximum absolute atomic E-state index is 11.0. The number of nitrogens with zero attached hydrogens (tertiary/aromatic N) is 2. The molecule has 0 bridgehead atoms.